The fourth-order valence-electron chi connectivity index (χ4n) is 1.28. The zero-order chi connectivity index (χ0) is 13.0. The van der Waals surface area contributed by atoms with Gasteiger partial charge in [-0.15, -0.1) is 0 Å². The van der Waals surface area contributed by atoms with Gasteiger partial charge in [-0.3, -0.25) is 0 Å². The molecule has 0 atom stereocenters. The van der Waals surface area contributed by atoms with Crippen LogP contribution < -0.4 is 4.74 Å². The number of methoxy groups -OCH3 is 1. The van der Waals surface area contributed by atoms with Gasteiger partial charge in [0.25, 0.3) is 0 Å². The van der Waals surface area contributed by atoms with Crippen molar-refractivity contribution in [3.8, 4) is 11.6 Å². The summed E-state index contributed by atoms with van der Waals surface area (Å²) in [4.78, 5) is 18.9. The van der Waals surface area contributed by atoms with Crippen LogP contribution in [0.3, 0.4) is 0 Å². The molecule has 0 bridgehead atoms. The molecule has 0 aliphatic heterocycles. The van der Waals surface area contributed by atoms with Gasteiger partial charge in [0.15, 0.2) is 11.6 Å². The minimum absolute atomic E-state index is 0.0265. The van der Waals surface area contributed by atoms with Crippen molar-refractivity contribution in [2.45, 2.75) is 0 Å². The molecule has 92 valence electrons. The third-order valence-corrected chi connectivity index (χ3v) is 2.12. The Hall–Kier alpha value is -2.50. The van der Waals surface area contributed by atoms with Gasteiger partial charge in [0, 0.05) is 6.20 Å². The number of carbonyl (C=O) groups is 1. The first-order chi connectivity index (χ1) is 8.72. The molecule has 1 aromatic heterocycles. The van der Waals surface area contributed by atoms with Crippen LogP contribution in [0.25, 0.3) is 0 Å². The molecule has 1 heterocycles. The fraction of sp³-hybridized carbons (Fsp3) is 0.0833. The molecule has 0 aliphatic rings. The highest BCUT2D eigenvalue weighted by molar-refractivity contribution is 5.91. The number of rotatable bonds is 3. The predicted molar refractivity (Wildman–Crippen MR) is 59.8 cm³/mol. The summed E-state index contributed by atoms with van der Waals surface area (Å²) >= 11 is 0. The Morgan fingerprint density at radius 1 is 1.33 bits per heavy atom. The number of nitrogens with zero attached hydrogens (tertiary/aromatic N) is 2. The highest BCUT2D eigenvalue weighted by atomic mass is 19.1. The summed E-state index contributed by atoms with van der Waals surface area (Å²) in [5.41, 5.74) is 0.0308. The van der Waals surface area contributed by atoms with Gasteiger partial charge in [-0.25, -0.2) is 19.2 Å². The Morgan fingerprint density at radius 2 is 2.11 bits per heavy atom. The van der Waals surface area contributed by atoms with Crippen molar-refractivity contribution in [3.63, 3.8) is 0 Å². The minimum atomic E-state index is -0.651. The van der Waals surface area contributed by atoms with Crippen LogP contribution in [0, 0.1) is 5.82 Å². The number of hydrogen-bond donors (Lipinski definition) is 0. The number of ether oxygens (including phenoxy) is 2. The van der Waals surface area contributed by atoms with E-state index in [0.29, 0.717) is 0 Å². The number of benzene rings is 1. The average molecular weight is 248 g/mol. The smallest absolute Gasteiger partial charge is 0.345 e. The lowest BCUT2D eigenvalue weighted by atomic mass is 10.3. The predicted octanol–water partition coefficient (Wildman–Crippen LogP) is 2.19. The molecule has 18 heavy (non-hydrogen) atoms. The molecule has 5 nitrogen and oxygen atoms in total. The van der Waals surface area contributed by atoms with Gasteiger partial charge >= 0.3 is 5.97 Å². The second kappa shape index (κ2) is 5.22. The van der Waals surface area contributed by atoms with Crippen molar-refractivity contribution in [1.29, 1.82) is 0 Å². The normalized spacial score (nSPS) is 9.89. The van der Waals surface area contributed by atoms with E-state index in [0.717, 1.165) is 0 Å². The number of esters is 1. The van der Waals surface area contributed by atoms with E-state index in [2.05, 4.69) is 14.7 Å². The van der Waals surface area contributed by atoms with Crippen molar-refractivity contribution in [1.82, 2.24) is 9.97 Å². The molecule has 0 amide bonds. The zero-order valence-corrected chi connectivity index (χ0v) is 9.46. The largest absolute Gasteiger partial charge is 0.465 e. The standard InChI is InChI=1S/C12H9FN2O3/c1-17-12(16)8-6-14-7-15-11(8)18-10-5-3-2-4-9(10)13/h2-7H,1H3. The second-order valence-corrected chi connectivity index (χ2v) is 3.27. The fourth-order valence-corrected chi connectivity index (χ4v) is 1.28. The summed E-state index contributed by atoms with van der Waals surface area (Å²) in [6.07, 6.45) is 2.44. The van der Waals surface area contributed by atoms with Crippen molar-refractivity contribution >= 4 is 5.97 Å². The molecule has 0 fully saturated rings. The molecule has 2 rings (SSSR count). The summed E-state index contributed by atoms with van der Waals surface area (Å²) in [5.74, 6) is -1.28. The minimum Gasteiger partial charge on any atom is -0.465 e. The van der Waals surface area contributed by atoms with Gasteiger partial charge in [0.2, 0.25) is 5.88 Å². The van der Waals surface area contributed by atoms with Crippen LogP contribution in [0.2, 0.25) is 0 Å². The topological polar surface area (TPSA) is 61.3 Å². The van der Waals surface area contributed by atoms with Crippen LogP contribution in [0.5, 0.6) is 11.6 Å². The maximum atomic E-state index is 13.4. The first-order valence-corrected chi connectivity index (χ1v) is 5.03. The lowest BCUT2D eigenvalue weighted by Crippen LogP contribution is -2.06. The van der Waals surface area contributed by atoms with E-state index in [1.165, 1.54) is 37.8 Å². The molecular formula is C12H9FN2O3. The highest BCUT2D eigenvalue weighted by Gasteiger charge is 2.16. The third-order valence-electron chi connectivity index (χ3n) is 2.12. The van der Waals surface area contributed by atoms with Crippen LogP contribution in [0.4, 0.5) is 4.39 Å². The molecule has 6 heteroatoms. The molecule has 0 saturated carbocycles. The Labute approximate surface area is 102 Å². The van der Waals surface area contributed by atoms with E-state index in [4.69, 9.17) is 4.74 Å². The zero-order valence-electron chi connectivity index (χ0n) is 9.46. The number of hydrogen-bond acceptors (Lipinski definition) is 5. The SMILES string of the molecule is COC(=O)c1cncnc1Oc1ccccc1F. The van der Waals surface area contributed by atoms with Crippen LogP contribution in [0.15, 0.2) is 36.8 Å². The summed E-state index contributed by atoms with van der Waals surface area (Å²) in [7, 11) is 1.22. The van der Waals surface area contributed by atoms with E-state index < -0.39 is 11.8 Å². The molecule has 1 aromatic carbocycles. The Balaban J connectivity index is 2.35. The van der Waals surface area contributed by atoms with Gasteiger partial charge < -0.3 is 9.47 Å². The van der Waals surface area contributed by atoms with Crippen molar-refractivity contribution in [2.24, 2.45) is 0 Å². The summed E-state index contributed by atoms with van der Waals surface area (Å²) in [6, 6.07) is 5.81. The first kappa shape index (κ1) is 12.0. The van der Waals surface area contributed by atoms with Crippen LogP contribution in [-0.4, -0.2) is 23.0 Å². The van der Waals surface area contributed by atoms with Gasteiger partial charge in [-0.05, 0) is 12.1 Å². The summed E-state index contributed by atoms with van der Waals surface area (Å²) in [5, 5.41) is 0. The second-order valence-electron chi connectivity index (χ2n) is 3.27. The Kier molecular flexibility index (Phi) is 3.47. The lowest BCUT2D eigenvalue weighted by molar-refractivity contribution is 0.0596. The van der Waals surface area contributed by atoms with E-state index in [9.17, 15) is 9.18 Å². The van der Waals surface area contributed by atoms with Gasteiger partial charge in [0.05, 0.1) is 7.11 Å². The van der Waals surface area contributed by atoms with Gasteiger partial charge in [-0.1, -0.05) is 12.1 Å². The summed E-state index contributed by atoms with van der Waals surface area (Å²) in [6.45, 7) is 0. The molecule has 0 unspecified atom stereocenters. The lowest BCUT2D eigenvalue weighted by Gasteiger charge is -2.08. The molecule has 0 radical (unpaired) electrons. The highest BCUT2D eigenvalue weighted by Crippen LogP contribution is 2.24. The third kappa shape index (κ3) is 2.42. The number of aromatic nitrogens is 2. The Morgan fingerprint density at radius 3 is 2.83 bits per heavy atom. The molecule has 2 aromatic rings. The van der Waals surface area contributed by atoms with Gasteiger partial charge in [0.1, 0.15) is 11.9 Å². The molecule has 0 saturated heterocycles. The molecular weight excluding hydrogens is 239 g/mol. The van der Waals surface area contributed by atoms with Crippen molar-refractivity contribution in [3.05, 3.63) is 48.2 Å². The van der Waals surface area contributed by atoms with E-state index in [1.54, 1.807) is 6.07 Å². The van der Waals surface area contributed by atoms with Gasteiger partial charge in [-0.2, -0.15) is 0 Å². The number of carbonyl (C=O) groups excluding carboxylic acids is 1. The average Bonchev–Trinajstić information content (AvgIpc) is 2.41. The summed E-state index contributed by atoms with van der Waals surface area (Å²) < 4.78 is 23.2. The van der Waals surface area contributed by atoms with Crippen LogP contribution >= 0.6 is 0 Å². The molecule has 0 aliphatic carbocycles. The van der Waals surface area contributed by atoms with E-state index >= 15 is 0 Å². The number of para-hydroxylation sites is 1. The number of halogens is 1. The van der Waals surface area contributed by atoms with Crippen LogP contribution in [-0.2, 0) is 4.74 Å². The quantitative estimate of drug-likeness (QED) is 0.779. The maximum Gasteiger partial charge on any atom is 0.345 e. The van der Waals surface area contributed by atoms with Crippen molar-refractivity contribution < 1.29 is 18.7 Å². The Bertz CT molecular complexity index is 575. The van der Waals surface area contributed by atoms with E-state index in [-0.39, 0.29) is 17.2 Å². The van der Waals surface area contributed by atoms with Crippen molar-refractivity contribution in [2.75, 3.05) is 7.11 Å². The maximum absolute atomic E-state index is 13.4. The van der Waals surface area contributed by atoms with E-state index in [1.807, 2.05) is 0 Å². The van der Waals surface area contributed by atoms with Crippen LogP contribution in [0.1, 0.15) is 10.4 Å². The monoisotopic (exact) mass is 248 g/mol. The first-order valence-electron chi connectivity index (χ1n) is 5.03. The molecule has 0 spiro atoms. The molecule has 0 N–H and O–H groups in total.